The third kappa shape index (κ3) is 2.06. The van der Waals surface area contributed by atoms with Crippen LogP contribution in [-0.2, 0) is 0 Å². The lowest BCUT2D eigenvalue weighted by molar-refractivity contribution is -0.385. The molecule has 6 nitrogen and oxygen atoms in total. The molecule has 1 aromatic heterocycles. The zero-order valence-electron chi connectivity index (χ0n) is 10.8. The summed E-state index contributed by atoms with van der Waals surface area (Å²) in [4.78, 5) is 10.2. The van der Waals surface area contributed by atoms with Gasteiger partial charge in [0.25, 0.3) is 5.69 Å². The second kappa shape index (κ2) is 4.53. The van der Waals surface area contributed by atoms with Gasteiger partial charge in [0.1, 0.15) is 11.6 Å². The van der Waals surface area contributed by atoms with Crippen LogP contribution in [0.1, 0.15) is 22.5 Å². The maximum atomic E-state index is 10.8. The zero-order chi connectivity index (χ0) is 14.2. The minimum Gasteiger partial charge on any atom is -0.258 e. The van der Waals surface area contributed by atoms with Gasteiger partial charge in [-0.3, -0.25) is 10.1 Å². The van der Waals surface area contributed by atoms with Crippen molar-refractivity contribution >= 4 is 5.69 Å². The Hall–Kier alpha value is -2.68. The second-order valence-corrected chi connectivity index (χ2v) is 4.28. The zero-order valence-corrected chi connectivity index (χ0v) is 10.8. The monoisotopic (exact) mass is 256 g/mol. The van der Waals surface area contributed by atoms with E-state index in [1.807, 2.05) is 26.8 Å². The molecule has 2 aromatic rings. The molecular formula is C13H12N4O2. The second-order valence-electron chi connectivity index (χ2n) is 4.28. The Balaban J connectivity index is 2.62. The maximum Gasteiger partial charge on any atom is 0.287 e. The number of nitriles is 1. The predicted octanol–water partition coefficient (Wildman–Crippen LogP) is 2.58. The number of nitro benzene ring substituents is 1. The van der Waals surface area contributed by atoms with Gasteiger partial charge in [-0.1, -0.05) is 0 Å². The van der Waals surface area contributed by atoms with Gasteiger partial charge in [-0.05, 0) is 38.5 Å². The molecule has 19 heavy (non-hydrogen) atoms. The first kappa shape index (κ1) is 12.8. The summed E-state index contributed by atoms with van der Waals surface area (Å²) >= 11 is 0. The summed E-state index contributed by atoms with van der Waals surface area (Å²) in [6, 6.07) is 6.26. The van der Waals surface area contributed by atoms with Crippen LogP contribution in [0.5, 0.6) is 0 Å². The topological polar surface area (TPSA) is 84.8 Å². The molecular weight excluding hydrogens is 244 g/mol. The normalized spacial score (nSPS) is 10.2. The Bertz CT molecular complexity index is 710. The van der Waals surface area contributed by atoms with Crippen molar-refractivity contribution in [2.45, 2.75) is 20.8 Å². The van der Waals surface area contributed by atoms with Gasteiger partial charge in [-0.25, -0.2) is 4.68 Å². The number of aromatic nitrogens is 2. The van der Waals surface area contributed by atoms with Crippen LogP contribution in [-0.4, -0.2) is 14.7 Å². The van der Waals surface area contributed by atoms with Gasteiger partial charge < -0.3 is 0 Å². The van der Waals surface area contributed by atoms with Crippen molar-refractivity contribution in [2.24, 2.45) is 0 Å². The molecule has 96 valence electrons. The average Bonchev–Trinajstić information content (AvgIpc) is 2.65. The van der Waals surface area contributed by atoms with E-state index in [2.05, 4.69) is 5.10 Å². The summed E-state index contributed by atoms with van der Waals surface area (Å²) in [5, 5.41) is 24.1. The standard InChI is InChI=1S/C13H12N4O2/c1-8-9(2)15-16(10(8)3)12-4-5-13(17(18)19)11(6-12)7-14/h4-6H,1-3H3. The van der Waals surface area contributed by atoms with E-state index in [-0.39, 0.29) is 11.3 Å². The van der Waals surface area contributed by atoms with Gasteiger partial charge in [0, 0.05) is 11.8 Å². The molecule has 0 radical (unpaired) electrons. The van der Waals surface area contributed by atoms with Crippen molar-refractivity contribution in [1.29, 1.82) is 5.26 Å². The van der Waals surface area contributed by atoms with Crippen molar-refractivity contribution in [3.8, 4) is 11.8 Å². The highest BCUT2D eigenvalue weighted by Crippen LogP contribution is 2.23. The summed E-state index contributed by atoms with van der Waals surface area (Å²) < 4.78 is 1.69. The van der Waals surface area contributed by atoms with E-state index in [0.29, 0.717) is 5.69 Å². The lowest BCUT2D eigenvalue weighted by Gasteiger charge is -2.05. The summed E-state index contributed by atoms with van der Waals surface area (Å²) in [5.74, 6) is 0. The highest BCUT2D eigenvalue weighted by molar-refractivity contribution is 5.54. The first-order chi connectivity index (χ1) is 8.95. The van der Waals surface area contributed by atoms with Crippen molar-refractivity contribution in [2.75, 3.05) is 0 Å². The van der Waals surface area contributed by atoms with Gasteiger partial charge in [-0.2, -0.15) is 10.4 Å². The lowest BCUT2D eigenvalue weighted by atomic mass is 10.1. The quantitative estimate of drug-likeness (QED) is 0.610. The molecule has 0 spiro atoms. The van der Waals surface area contributed by atoms with Crippen molar-refractivity contribution in [3.63, 3.8) is 0 Å². The van der Waals surface area contributed by atoms with Gasteiger partial charge in [0.15, 0.2) is 0 Å². The first-order valence-electron chi connectivity index (χ1n) is 5.67. The Labute approximate surface area is 110 Å². The van der Waals surface area contributed by atoms with Gasteiger partial charge in [0.2, 0.25) is 0 Å². The van der Waals surface area contributed by atoms with Crippen LogP contribution in [0.4, 0.5) is 5.69 Å². The molecule has 0 amide bonds. The third-order valence-corrected chi connectivity index (χ3v) is 3.19. The number of hydrogen-bond donors (Lipinski definition) is 0. The van der Waals surface area contributed by atoms with Gasteiger partial charge in [-0.15, -0.1) is 0 Å². The van der Waals surface area contributed by atoms with E-state index < -0.39 is 4.92 Å². The summed E-state index contributed by atoms with van der Waals surface area (Å²) in [7, 11) is 0. The van der Waals surface area contributed by atoms with E-state index >= 15 is 0 Å². The molecule has 6 heteroatoms. The van der Waals surface area contributed by atoms with Crippen LogP contribution < -0.4 is 0 Å². The molecule has 0 aliphatic heterocycles. The molecule has 0 fully saturated rings. The molecule has 0 aliphatic carbocycles. The van der Waals surface area contributed by atoms with Crippen molar-refractivity contribution in [1.82, 2.24) is 9.78 Å². The fourth-order valence-electron chi connectivity index (χ4n) is 1.88. The largest absolute Gasteiger partial charge is 0.287 e. The van der Waals surface area contributed by atoms with Crippen molar-refractivity contribution in [3.05, 3.63) is 50.8 Å². The van der Waals surface area contributed by atoms with E-state index in [0.717, 1.165) is 17.0 Å². The number of hydrogen-bond acceptors (Lipinski definition) is 4. The Morgan fingerprint density at radius 1 is 1.37 bits per heavy atom. The molecule has 1 aromatic carbocycles. The summed E-state index contributed by atoms with van der Waals surface area (Å²) in [6.45, 7) is 5.78. The average molecular weight is 256 g/mol. The van der Waals surface area contributed by atoms with Crippen molar-refractivity contribution < 1.29 is 4.92 Å². The van der Waals surface area contributed by atoms with E-state index in [4.69, 9.17) is 5.26 Å². The Morgan fingerprint density at radius 3 is 2.53 bits per heavy atom. The van der Waals surface area contributed by atoms with Crippen LogP contribution in [0.15, 0.2) is 18.2 Å². The molecule has 0 bridgehead atoms. The highest BCUT2D eigenvalue weighted by Gasteiger charge is 2.16. The smallest absolute Gasteiger partial charge is 0.258 e. The van der Waals surface area contributed by atoms with Crippen LogP contribution in [0.3, 0.4) is 0 Å². The fraction of sp³-hybridized carbons (Fsp3) is 0.231. The minimum absolute atomic E-state index is 0.0349. The molecule has 1 heterocycles. The van der Waals surface area contributed by atoms with E-state index in [1.165, 1.54) is 12.1 Å². The maximum absolute atomic E-state index is 10.8. The van der Waals surface area contributed by atoms with Gasteiger partial charge >= 0.3 is 0 Å². The number of rotatable bonds is 2. The van der Waals surface area contributed by atoms with E-state index in [1.54, 1.807) is 10.7 Å². The van der Waals surface area contributed by atoms with Crippen LogP contribution in [0.25, 0.3) is 5.69 Å². The summed E-state index contributed by atoms with van der Waals surface area (Å²) in [6.07, 6.45) is 0. The lowest BCUT2D eigenvalue weighted by Crippen LogP contribution is -2.01. The van der Waals surface area contributed by atoms with E-state index in [9.17, 15) is 10.1 Å². The van der Waals surface area contributed by atoms with Crippen LogP contribution in [0, 0.1) is 42.2 Å². The highest BCUT2D eigenvalue weighted by atomic mass is 16.6. The van der Waals surface area contributed by atoms with Gasteiger partial charge in [0.05, 0.1) is 16.3 Å². The number of aryl methyl sites for hydroxylation is 1. The number of nitro groups is 1. The SMILES string of the molecule is Cc1nn(-c2ccc([N+](=O)[O-])c(C#N)c2)c(C)c1C. The van der Waals surface area contributed by atoms with Crippen LogP contribution in [0.2, 0.25) is 0 Å². The summed E-state index contributed by atoms with van der Waals surface area (Å²) in [5.41, 5.74) is 3.41. The third-order valence-electron chi connectivity index (χ3n) is 3.19. The number of nitrogens with zero attached hydrogens (tertiary/aromatic N) is 4. The number of benzene rings is 1. The molecule has 0 saturated heterocycles. The molecule has 0 N–H and O–H groups in total. The van der Waals surface area contributed by atoms with Crippen LogP contribution >= 0.6 is 0 Å². The molecule has 0 unspecified atom stereocenters. The first-order valence-corrected chi connectivity index (χ1v) is 5.67. The minimum atomic E-state index is -0.561. The predicted molar refractivity (Wildman–Crippen MR) is 69.1 cm³/mol. The molecule has 0 saturated carbocycles. The fourth-order valence-corrected chi connectivity index (χ4v) is 1.88. The molecule has 0 atom stereocenters. The Morgan fingerprint density at radius 2 is 2.05 bits per heavy atom. The molecule has 0 aliphatic rings. The molecule has 2 rings (SSSR count). The Kier molecular flexibility index (Phi) is 3.05.